The van der Waals surface area contributed by atoms with Crippen molar-refractivity contribution in [1.29, 1.82) is 0 Å². The lowest BCUT2D eigenvalue weighted by Crippen LogP contribution is -2.42. The number of fused-ring (bicyclic) bond motifs is 1. The average Bonchev–Trinajstić information content (AvgIpc) is 3.41. The van der Waals surface area contributed by atoms with Crippen molar-refractivity contribution in [2.75, 3.05) is 18.7 Å². The molecule has 2 aromatic heterocycles. The Morgan fingerprint density at radius 3 is 2.88 bits per heavy atom. The van der Waals surface area contributed by atoms with Crippen molar-refractivity contribution in [3.63, 3.8) is 0 Å². The summed E-state index contributed by atoms with van der Waals surface area (Å²) in [5.41, 5.74) is -0.231. The molecule has 0 spiro atoms. The minimum atomic E-state index is -1.37. The van der Waals surface area contributed by atoms with Gasteiger partial charge in [-0.25, -0.2) is 4.79 Å². The van der Waals surface area contributed by atoms with Gasteiger partial charge in [0.2, 0.25) is 6.79 Å². The second kappa shape index (κ2) is 6.74. The molecule has 4 rings (SSSR count). The maximum atomic E-state index is 12.3. The number of nitrogens with one attached hydrogen (secondary N) is 2. The second-order valence-corrected chi connectivity index (χ2v) is 6.67. The van der Waals surface area contributed by atoms with Crippen LogP contribution in [0.2, 0.25) is 0 Å². The molecular formula is C18H16N2O5S. The van der Waals surface area contributed by atoms with Gasteiger partial charge in [0.05, 0.1) is 19.1 Å². The van der Waals surface area contributed by atoms with Crippen LogP contribution >= 0.6 is 11.3 Å². The molecule has 134 valence electrons. The van der Waals surface area contributed by atoms with Crippen molar-refractivity contribution in [2.24, 2.45) is 0 Å². The molecule has 26 heavy (non-hydrogen) atoms. The summed E-state index contributed by atoms with van der Waals surface area (Å²) in [6.45, 7) is 0.160. The number of hydrogen-bond acceptors (Lipinski definition) is 6. The predicted molar refractivity (Wildman–Crippen MR) is 95.6 cm³/mol. The molecule has 0 bridgehead atoms. The van der Waals surface area contributed by atoms with E-state index in [1.54, 1.807) is 24.3 Å². The Bertz CT molecular complexity index is 858. The minimum Gasteiger partial charge on any atom is -0.472 e. The smallest absolute Gasteiger partial charge is 0.319 e. The number of anilines is 1. The summed E-state index contributed by atoms with van der Waals surface area (Å²) in [5.74, 6) is 1.22. The third-order valence-corrected chi connectivity index (χ3v) is 5.08. The van der Waals surface area contributed by atoms with Crippen molar-refractivity contribution < 1.29 is 23.8 Å². The number of ether oxygens (including phenoxy) is 2. The molecule has 1 atom stereocenters. The van der Waals surface area contributed by atoms with E-state index in [4.69, 9.17) is 13.9 Å². The van der Waals surface area contributed by atoms with Gasteiger partial charge in [0.15, 0.2) is 11.5 Å². The van der Waals surface area contributed by atoms with Crippen LogP contribution in [0.5, 0.6) is 11.5 Å². The quantitative estimate of drug-likeness (QED) is 0.640. The van der Waals surface area contributed by atoms with Gasteiger partial charge in [-0.05, 0) is 29.6 Å². The van der Waals surface area contributed by atoms with Crippen LogP contribution in [0.1, 0.15) is 10.4 Å². The molecule has 0 unspecified atom stereocenters. The van der Waals surface area contributed by atoms with E-state index in [0.717, 1.165) is 0 Å². The standard InChI is InChI=1S/C18H16N2O5S/c21-17(20-13-3-4-14-15(8-13)25-11-24-14)19-10-18(22,12-5-6-23-9-12)16-2-1-7-26-16/h1-9,22H,10-11H2,(H2,19,20,21)/t18-/m0/s1. The summed E-state index contributed by atoms with van der Waals surface area (Å²) in [7, 11) is 0. The van der Waals surface area contributed by atoms with Gasteiger partial charge in [-0.15, -0.1) is 11.3 Å². The van der Waals surface area contributed by atoms with Crippen molar-refractivity contribution in [3.05, 3.63) is 64.7 Å². The number of hydrogen-bond donors (Lipinski definition) is 3. The Morgan fingerprint density at radius 2 is 2.12 bits per heavy atom. The van der Waals surface area contributed by atoms with Crippen LogP contribution in [0.4, 0.5) is 10.5 Å². The number of thiophene rings is 1. The number of carbonyl (C=O) groups is 1. The predicted octanol–water partition coefficient (Wildman–Crippen LogP) is 3.13. The molecule has 8 heteroatoms. The highest BCUT2D eigenvalue weighted by Crippen LogP contribution is 2.34. The first-order valence-electron chi connectivity index (χ1n) is 7.89. The van der Waals surface area contributed by atoms with Crippen molar-refractivity contribution in [3.8, 4) is 11.5 Å². The highest BCUT2D eigenvalue weighted by molar-refractivity contribution is 7.10. The Balaban J connectivity index is 1.45. The lowest BCUT2D eigenvalue weighted by atomic mass is 9.94. The van der Waals surface area contributed by atoms with E-state index in [1.807, 2.05) is 17.5 Å². The number of benzene rings is 1. The number of aliphatic hydroxyl groups is 1. The summed E-state index contributed by atoms with van der Waals surface area (Å²) in [6, 6.07) is 10.0. The summed E-state index contributed by atoms with van der Waals surface area (Å²) in [6.07, 6.45) is 2.96. The molecule has 2 amide bonds. The number of furan rings is 1. The normalized spacial score (nSPS) is 14.7. The number of urea groups is 1. The van der Waals surface area contributed by atoms with Gasteiger partial charge >= 0.3 is 6.03 Å². The second-order valence-electron chi connectivity index (χ2n) is 5.73. The lowest BCUT2D eigenvalue weighted by molar-refractivity contribution is 0.0859. The van der Waals surface area contributed by atoms with Gasteiger partial charge in [-0.1, -0.05) is 6.07 Å². The Morgan fingerprint density at radius 1 is 1.23 bits per heavy atom. The number of rotatable bonds is 5. The van der Waals surface area contributed by atoms with E-state index >= 15 is 0 Å². The molecule has 3 heterocycles. The zero-order chi connectivity index (χ0) is 18.0. The largest absolute Gasteiger partial charge is 0.472 e. The van der Waals surface area contributed by atoms with Gasteiger partial charge in [0.25, 0.3) is 0 Å². The minimum absolute atomic E-state index is 0.0105. The average molecular weight is 372 g/mol. The summed E-state index contributed by atoms with van der Waals surface area (Å²) in [5, 5.41) is 18.4. The van der Waals surface area contributed by atoms with E-state index in [1.165, 1.54) is 23.9 Å². The molecule has 7 nitrogen and oxygen atoms in total. The monoisotopic (exact) mass is 372 g/mol. The van der Waals surface area contributed by atoms with E-state index in [-0.39, 0.29) is 13.3 Å². The van der Waals surface area contributed by atoms with E-state index in [2.05, 4.69) is 10.6 Å². The summed E-state index contributed by atoms with van der Waals surface area (Å²) in [4.78, 5) is 13.0. The fourth-order valence-corrected chi connectivity index (χ4v) is 3.55. The SMILES string of the molecule is O=C(NC[C@](O)(c1ccoc1)c1cccs1)Nc1ccc2c(c1)OCO2. The molecule has 1 aliphatic heterocycles. The van der Waals surface area contributed by atoms with Gasteiger partial charge in [-0.3, -0.25) is 0 Å². The van der Waals surface area contributed by atoms with Gasteiger partial charge in [0.1, 0.15) is 5.60 Å². The Kier molecular flexibility index (Phi) is 4.27. The topological polar surface area (TPSA) is 93.0 Å². The number of carbonyl (C=O) groups excluding carboxylic acids is 1. The first-order chi connectivity index (χ1) is 12.6. The van der Waals surface area contributed by atoms with E-state index < -0.39 is 11.6 Å². The molecule has 0 saturated heterocycles. The van der Waals surface area contributed by atoms with Crippen LogP contribution in [0.3, 0.4) is 0 Å². The zero-order valence-corrected chi connectivity index (χ0v) is 14.4. The maximum Gasteiger partial charge on any atom is 0.319 e. The third kappa shape index (κ3) is 3.12. The van der Waals surface area contributed by atoms with Gasteiger partial charge in [0, 0.05) is 22.2 Å². The van der Waals surface area contributed by atoms with Crippen LogP contribution in [-0.2, 0) is 5.60 Å². The zero-order valence-electron chi connectivity index (χ0n) is 13.6. The van der Waals surface area contributed by atoms with Crippen LogP contribution < -0.4 is 20.1 Å². The molecule has 1 aromatic carbocycles. The van der Waals surface area contributed by atoms with Gasteiger partial charge in [-0.2, -0.15) is 0 Å². The molecule has 0 fully saturated rings. The van der Waals surface area contributed by atoms with Crippen molar-refractivity contribution in [2.45, 2.75) is 5.60 Å². The first-order valence-corrected chi connectivity index (χ1v) is 8.77. The molecule has 0 radical (unpaired) electrons. The lowest BCUT2D eigenvalue weighted by Gasteiger charge is -2.26. The van der Waals surface area contributed by atoms with Crippen LogP contribution in [0.25, 0.3) is 0 Å². The first kappa shape index (κ1) is 16.5. The molecule has 0 aliphatic carbocycles. The highest BCUT2D eigenvalue weighted by atomic mass is 32.1. The van der Waals surface area contributed by atoms with Crippen molar-refractivity contribution in [1.82, 2.24) is 5.32 Å². The highest BCUT2D eigenvalue weighted by Gasteiger charge is 2.34. The van der Waals surface area contributed by atoms with E-state index in [9.17, 15) is 9.90 Å². The fourth-order valence-electron chi connectivity index (χ4n) is 2.70. The van der Waals surface area contributed by atoms with Crippen molar-refractivity contribution >= 4 is 23.1 Å². The van der Waals surface area contributed by atoms with Crippen LogP contribution in [0, 0.1) is 0 Å². The van der Waals surface area contributed by atoms with Crippen LogP contribution in [0.15, 0.2) is 58.7 Å². The number of amides is 2. The van der Waals surface area contributed by atoms with Crippen LogP contribution in [-0.4, -0.2) is 24.5 Å². The Labute approximate surface area is 153 Å². The molecule has 3 N–H and O–H groups in total. The molecule has 1 aliphatic rings. The molecular weight excluding hydrogens is 356 g/mol. The third-order valence-electron chi connectivity index (χ3n) is 4.06. The summed E-state index contributed by atoms with van der Waals surface area (Å²) < 4.78 is 15.6. The van der Waals surface area contributed by atoms with E-state index in [0.29, 0.717) is 27.6 Å². The molecule has 0 saturated carbocycles. The van der Waals surface area contributed by atoms with Gasteiger partial charge < -0.3 is 29.6 Å². The maximum absolute atomic E-state index is 12.3. The fraction of sp³-hybridized carbons (Fsp3) is 0.167. The Hall–Kier alpha value is -2.97. The summed E-state index contributed by atoms with van der Waals surface area (Å²) >= 11 is 1.40. The molecule has 3 aromatic rings.